The van der Waals surface area contributed by atoms with Gasteiger partial charge in [0.1, 0.15) is 12.4 Å². The van der Waals surface area contributed by atoms with E-state index in [1.165, 1.54) is 0 Å². The van der Waals surface area contributed by atoms with E-state index in [2.05, 4.69) is 0 Å². The van der Waals surface area contributed by atoms with Crippen LogP contribution in [0.25, 0.3) is 0 Å². The van der Waals surface area contributed by atoms with Crippen molar-refractivity contribution in [3.05, 3.63) is 71.0 Å². The highest BCUT2D eigenvalue weighted by molar-refractivity contribution is 5.98. The van der Waals surface area contributed by atoms with Crippen LogP contribution < -0.4 is 0 Å². The zero-order valence-corrected chi connectivity index (χ0v) is 16.3. The Morgan fingerprint density at radius 1 is 1.00 bits per heavy atom. The van der Waals surface area contributed by atoms with Crippen molar-refractivity contribution in [2.24, 2.45) is 5.92 Å². The van der Waals surface area contributed by atoms with Gasteiger partial charge in [0, 0.05) is 24.1 Å². The lowest BCUT2D eigenvalue weighted by molar-refractivity contribution is 0.00462. The Morgan fingerprint density at radius 3 is 2.33 bits per heavy atom. The molecule has 0 aromatic heterocycles. The third-order valence-electron chi connectivity index (χ3n) is 6.02. The van der Waals surface area contributed by atoms with Gasteiger partial charge in [0.15, 0.2) is 17.4 Å². The lowest BCUT2D eigenvalue weighted by Crippen LogP contribution is -2.55. The molecule has 4 nitrogen and oxygen atoms in total. The number of Topliss-reactive ketones (excluding diaryl/α,β-unsaturated/α-hetero) is 1. The summed E-state index contributed by atoms with van der Waals surface area (Å²) >= 11 is 0. The molecule has 0 N–H and O–H groups in total. The first kappa shape index (κ1) is 20.4. The Morgan fingerprint density at radius 2 is 1.67 bits per heavy atom. The van der Waals surface area contributed by atoms with E-state index < -0.39 is 40.8 Å². The number of ether oxygens (including phenoxy) is 1. The van der Waals surface area contributed by atoms with Crippen molar-refractivity contribution in [1.29, 1.82) is 0 Å². The molecule has 2 unspecified atom stereocenters. The number of nitrogens with zero attached hydrogens (tertiary/aromatic N) is 1. The first-order valence-corrected chi connectivity index (χ1v) is 10.1. The molecule has 2 aromatic carbocycles. The van der Waals surface area contributed by atoms with Crippen LogP contribution in [0, 0.1) is 23.4 Å². The quantitative estimate of drug-likeness (QED) is 0.504. The van der Waals surface area contributed by atoms with E-state index in [4.69, 9.17) is 4.74 Å². The van der Waals surface area contributed by atoms with Crippen LogP contribution in [0.4, 0.5) is 18.0 Å². The number of benzene rings is 2. The Kier molecular flexibility index (Phi) is 5.79. The number of piperidine rings is 2. The van der Waals surface area contributed by atoms with Crippen molar-refractivity contribution in [2.45, 2.75) is 50.8 Å². The van der Waals surface area contributed by atoms with Crippen LogP contribution in [-0.4, -0.2) is 28.9 Å². The van der Waals surface area contributed by atoms with Crippen LogP contribution in [0.3, 0.4) is 0 Å². The lowest BCUT2D eigenvalue weighted by Gasteiger charge is -2.47. The number of fused-ring (bicyclic) bond motifs is 2. The third kappa shape index (κ3) is 4.06. The summed E-state index contributed by atoms with van der Waals surface area (Å²) in [6.45, 7) is 0.158. The zero-order valence-electron chi connectivity index (χ0n) is 16.3. The Bertz CT molecular complexity index is 936. The highest BCUT2D eigenvalue weighted by Crippen LogP contribution is 2.39. The van der Waals surface area contributed by atoms with E-state index >= 15 is 0 Å². The monoisotopic (exact) mass is 417 g/mol. The van der Waals surface area contributed by atoms with E-state index in [9.17, 15) is 22.8 Å². The van der Waals surface area contributed by atoms with Gasteiger partial charge in [-0.15, -0.1) is 0 Å². The molecule has 2 aliphatic heterocycles. The maximum Gasteiger partial charge on any atom is 0.410 e. The molecule has 0 aliphatic carbocycles. The van der Waals surface area contributed by atoms with Crippen LogP contribution in [0.1, 0.15) is 48.0 Å². The van der Waals surface area contributed by atoms with Crippen molar-refractivity contribution >= 4 is 11.9 Å². The molecule has 1 amide bonds. The number of carbonyl (C=O) groups excluding carboxylic acids is 2. The molecule has 2 fully saturated rings. The van der Waals surface area contributed by atoms with Gasteiger partial charge in [-0.25, -0.2) is 18.0 Å². The van der Waals surface area contributed by atoms with Crippen LogP contribution in [-0.2, 0) is 11.3 Å². The molecule has 0 saturated carbocycles. The standard InChI is InChI=1S/C23H22F3NO3/c24-16-11-19(21(26)20(25)12-16)22(28)15-9-17-7-4-8-18(10-15)27(17)23(29)30-13-14-5-2-1-3-6-14/h1-3,5-6,11-12,15,17-18H,4,7-10,13H2. The molecule has 2 aliphatic rings. The van der Waals surface area contributed by atoms with Gasteiger partial charge in [0.05, 0.1) is 5.56 Å². The van der Waals surface area contributed by atoms with Gasteiger partial charge in [-0.1, -0.05) is 30.3 Å². The summed E-state index contributed by atoms with van der Waals surface area (Å²) in [5.74, 6) is -4.88. The predicted octanol–water partition coefficient (Wildman–Crippen LogP) is 5.26. The fourth-order valence-electron chi connectivity index (χ4n) is 4.64. The number of rotatable bonds is 4. The molecular weight excluding hydrogens is 395 g/mol. The molecule has 30 heavy (non-hydrogen) atoms. The average molecular weight is 417 g/mol. The van der Waals surface area contributed by atoms with E-state index in [0.717, 1.165) is 18.1 Å². The van der Waals surface area contributed by atoms with Gasteiger partial charge >= 0.3 is 6.09 Å². The number of halogens is 3. The molecule has 0 spiro atoms. The summed E-state index contributed by atoms with van der Waals surface area (Å²) in [6, 6.07) is 10.1. The molecule has 2 bridgehead atoms. The number of hydrogen-bond acceptors (Lipinski definition) is 3. The molecule has 2 aromatic rings. The first-order chi connectivity index (χ1) is 14.4. The highest BCUT2D eigenvalue weighted by Gasteiger charge is 2.44. The van der Waals surface area contributed by atoms with Crippen molar-refractivity contribution in [3.8, 4) is 0 Å². The molecule has 2 saturated heterocycles. The Hall–Kier alpha value is -2.83. The van der Waals surface area contributed by atoms with E-state index in [0.29, 0.717) is 31.7 Å². The van der Waals surface area contributed by atoms with Gasteiger partial charge in [0.25, 0.3) is 0 Å². The Labute approximate surface area is 172 Å². The predicted molar refractivity (Wildman–Crippen MR) is 103 cm³/mol. The Balaban J connectivity index is 1.47. The molecule has 2 atom stereocenters. The summed E-state index contributed by atoms with van der Waals surface area (Å²) < 4.78 is 46.7. The van der Waals surface area contributed by atoms with E-state index in [1.54, 1.807) is 4.90 Å². The van der Waals surface area contributed by atoms with Gasteiger partial charge in [0.2, 0.25) is 0 Å². The topological polar surface area (TPSA) is 46.6 Å². The number of ketones is 1. The largest absolute Gasteiger partial charge is 0.445 e. The molecule has 7 heteroatoms. The van der Waals surface area contributed by atoms with Crippen molar-refractivity contribution < 1.29 is 27.5 Å². The van der Waals surface area contributed by atoms with Crippen LogP contribution in [0.15, 0.2) is 42.5 Å². The molecule has 158 valence electrons. The summed E-state index contributed by atoms with van der Waals surface area (Å²) in [5.41, 5.74) is 0.320. The smallest absolute Gasteiger partial charge is 0.410 e. The van der Waals surface area contributed by atoms with Gasteiger partial charge in [-0.3, -0.25) is 4.79 Å². The van der Waals surface area contributed by atoms with Crippen molar-refractivity contribution in [2.75, 3.05) is 0 Å². The van der Waals surface area contributed by atoms with Gasteiger partial charge in [-0.2, -0.15) is 0 Å². The van der Waals surface area contributed by atoms with Gasteiger partial charge < -0.3 is 9.64 Å². The minimum absolute atomic E-state index is 0.158. The molecule has 0 radical (unpaired) electrons. The first-order valence-electron chi connectivity index (χ1n) is 10.1. The summed E-state index contributed by atoms with van der Waals surface area (Å²) in [7, 11) is 0. The van der Waals surface area contributed by atoms with E-state index in [1.807, 2.05) is 30.3 Å². The zero-order chi connectivity index (χ0) is 21.3. The van der Waals surface area contributed by atoms with Crippen molar-refractivity contribution in [1.82, 2.24) is 4.90 Å². The second-order valence-electron chi connectivity index (χ2n) is 7.97. The maximum absolute atomic E-state index is 14.1. The van der Waals surface area contributed by atoms with Crippen molar-refractivity contribution in [3.63, 3.8) is 0 Å². The lowest BCUT2D eigenvalue weighted by atomic mass is 9.75. The van der Waals surface area contributed by atoms with Crippen LogP contribution in [0.5, 0.6) is 0 Å². The third-order valence-corrected chi connectivity index (χ3v) is 6.02. The number of hydrogen-bond donors (Lipinski definition) is 0. The second-order valence-corrected chi connectivity index (χ2v) is 7.97. The SMILES string of the molecule is O=C(c1cc(F)cc(F)c1F)C1CC2CCCC(C1)N2C(=O)OCc1ccccc1. The minimum Gasteiger partial charge on any atom is -0.445 e. The normalized spacial score (nSPS) is 23.2. The number of amides is 1. The summed E-state index contributed by atoms with van der Waals surface area (Å²) in [6.07, 6.45) is 2.56. The van der Waals surface area contributed by atoms with E-state index in [-0.39, 0.29) is 18.7 Å². The second kappa shape index (κ2) is 8.50. The maximum atomic E-state index is 14.1. The van der Waals surface area contributed by atoms with Crippen LogP contribution >= 0.6 is 0 Å². The fraction of sp³-hybridized carbons (Fsp3) is 0.391. The van der Waals surface area contributed by atoms with Crippen LogP contribution in [0.2, 0.25) is 0 Å². The van der Waals surface area contributed by atoms with Gasteiger partial charge in [-0.05, 0) is 43.7 Å². The molecule has 4 rings (SSSR count). The fourth-order valence-corrected chi connectivity index (χ4v) is 4.64. The molecular formula is C23H22F3NO3. The highest BCUT2D eigenvalue weighted by atomic mass is 19.2. The number of carbonyl (C=O) groups is 2. The summed E-state index contributed by atoms with van der Waals surface area (Å²) in [4.78, 5) is 27.3. The minimum atomic E-state index is -1.37. The average Bonchev–Trinajstić information content (AvgIpc) is 2.74. The molecule has 2 heterocycles. The summed E-state index contributed by atoms with van der Waals surface area (Å²) in [5, 5.41) is 0.